The fourth-order valence-corrected chi connectivity index (χ4v) is 4.83. The average molecular weight is 347 g/mol. The molecule has 0 radical (unpaired) electrons. The van der Waals surface area contributed by atoms with E-state index in [-0.39, 0.29) is 0 Å². The monoisotopic (exact) mass is 347 g/mol. The Balaban J connectivity index is 1.38. The summed E-state index contributed by atoms with van der Waals surface area (Å²) >= 11 is 1.69. The number of nitrogens with zero attached hydrogens (tertiary/aromatic N) is 3. The Hall–Kier alpha value is -1.21. The first-order valence-corrected chi connectivity index (χ1v) is 9.77. The quantitative estimate of drug-likeness (QED) is 0.871. The number of hydrogen-bond acceptors (Lipinski definition) is 6. The molecule has 2 saturated heterocycles. The van der Waals surface area contributed by atoms with E-state index in [0.717, 1.165) is 48.9 Å². The molecule has 2 aromatic rings. The first kappa shape index (κ1) is 16.3. The number of likely N-dealkylation sites (tertiary alicyclic amines) is 2. The molecule has 2 fully saturated rings. The van der Waals surface area contributed by atoms with Gasteiger partial charge in [-0.3, -0.25) is 9.80 Å². The number of aliphatic hydroxyl groups excluding tert-OH is 1. The molecule has 6 heteroatoms. The minimum Gasteiger partial charge on any atom is -0.472 e. The van der Waals surface area contributed by atoms with Gasteiger partial charge in [0.2, 0.25) is 0 Å². The van der Waals surface area contributed by atoms with Crippen molar-refractivity contribution in [3.8, 4) is 10.6 Å². The molecule has 5 nitrogen and oxygen atoms in total. The number of thiazole rings is 1. The Morgan fingerprint density at radius 2 is 2.04 bits per heavy atom. The highest BCUT2D eigenvalue weighted by Crippen LogP contribution is 2.28. The van der Waals surface area contributed by atoms with E-state index in [4.69, 9.17) is 9.40 Å². The number of rotatable bonds is 6. The Kier molecular flexibility index (Phi) is 4.98. The minimum atomic E-state index is 0.298. The van der Waals surface area contributed by atoms with Crippen LogP contribution in [0.5, 0.6) is 0 Å². The lowest BCUT2D eigenvalue weighted by Gasteiger charge is -2.31. The van der Waals surface area contributed by atoms with Gasteiger partial charge in [-0.2, -0.15) is 0 Å². The van der Waals surface area contributed by atoms with E-state index in [1.54, 1.807) is 23.9 Å². The van der Waals surface area contributed by atoms with Gasteiger partial charge in [-0.25, -0.2) is 4.98 Å². The zero-order valence-corrected chi connectivity index (χ0v) is 14.7. The summed E-state index contributed by atoms with van der Waals surface area (Å²) in [6.45, 7) is 4.60. The molecule has 130 valence electrons. The van der Waals surface area contributed by atoms with E-state index in [2.05, 4.69) is 15.2 Å². The number of hydrogen-bond donors (Lipinski definition) is 1. The predicted octanol–water partition coefficient (Wildman–Crippen LogP) is 2.82. The van der Waals surface area contributed by atoms with Gasteiger partial charge in [-0.05, 0) is 44.8 Å². The van der Waals surface area contributed by atoms with Gasteiger partial charge in [0, 0.05) is 36.1 Å². The summed E-state index contributed by atoms with van der Waals surface area (Å²) in [5.41, 5.74) is 2.22. The first-order valence-electron chi connectivity index (χ1n) is 8.89. The normalized spacial score (nSPS) is 25.7. The van der Waals surface area contributed by atoms with Gasteiger partial charge in [-0.15, -0.1) is 11.3 Å². The summed E-state index contributed by atoms with van der Waals surface area (Å²) in [4.78, 5) is 9.83. The van der Waals surface area contributed by atoms with Crippen molar-refractivity contribution in [1.82, 2.24) is 14.8 Å². The van der Waals surface area contributed by atoms with Crippen LogP contribution in [-0.4, -0.2) is 58.2 Å². The Morgan fingerprint density at radius 3 is 2.83 bits per heavy atom. The lowest BCUT2D eigenvalue weighted by atomic mass is 10.2. The molecule has 2 aromatic heterocycles. The second kappa shape index (κ2) is 7.35. The third-order valence-corrected chi connectivity index (χ3v) is 6.28. The largest absolute Gasteiger partial charge is 0.472 e. The van der Waals surface area contributed by atoms with Gasteiger partial charge in [0.1, 0.15) is 11.3 Å². The van der Waals surface area contributed by atoms with Gasteiger partial charge in [-0.1, -0.05) is 0 Å². The number of aliphatic hydroxyl groups is 1. The molecular formula is C18H25N3O2S. The second-order valence-electron chi connectivity index (χ2n) is 6.90. The standard InChI is InChI=1S/C18H25N3O2S/c22-11-17-4-2-7-21(17)10-16-3-1-6-20(16)9-15-13-24-18(19-15)14-5-8-23-12-14/h5,8,12-13,16-17,22H,1-4,6-7,9-11H2. The maximum Gasteiger partial charge on any atom is 0.126 e. The summed E-state index contributed by atoms with van der Waals surface area (Å²) in [5, 5.41) is 12.7. The highest BCUT2D eigenvalue weighted by Gasteiger charge is 2.31. The van der Waals surface area contributed by atoms with E-state index in [0.29, 0.717) is 18.7 Å². The second-order valence-corrected chi connectivity index (χ2v) is 7.75. The zero-order chi connectivity index (χ0) is 16.4. The van der Waals surface area contributed by atoms with Crippen LogP contribution in [-0.2, 0) is 6.54 Å². The van der Waals surface area contributed by atoms with Crippen molar-refractivity contribution in [3.63, 3.8) is 0 Å². The van der Waals surface area contributed by atoms with Crippen LogP contribution in [0.15, 0.2) is 28.4 Å². The van der Waals surface area contributed by atoms with E-state index in [1.165, 1.54) is 19.3 Å². The van der Waals surface area contributed by atoms with Crippen molar-refractivity contribution in [3.05, 3.63) is 29.7 Å². The highest BCUT2D eigenvalue weighted by atomic mass is 32.1. The molecule has 0 bridgehead atoms. The summed E-state index contributed by atoms with van der Waals surface area (Å²) < 4.78 is 5.15. The van der Waals surface area contributed by atoms with Crippen LogP contribution in [0, 0.1) is 0 Å². The van der Waals surface area contributed by atoms with Gasteiger partial charge in [0.05, 0.1) is 18.6 Å². The fraction of sp³-hybridized carbons (Fsp3) is 0.611. The third kappa shape index (κ3) is 3.42. The molecule has 0 aliphatic carbocycles. The van der Waals surface area contributed by atoms with Gasteiger partial charge >= 0.3 is 0 Å². The van der Waals surface area contributed by atoms with Crippen LogP contribution in [0.2, 0.25) is 0 Å². The molecule has 24 heavy (non-hydrogen) atoms. The smallest absolute Gasteiger partial charge is 0.126 e. The predicted molar refractivity (Wildman–Crippen MR) is 94.9 cm³/mol. The Bertz CT molecular complexity index is 642. The molecule has 2 aliphatic heterocycles. The maximum absolute atomic E-state index is 9.53. The minimum absolute atomic E-state index is 0.298. The molecule has 1 N–H and O–H groups in total. The Morgan fingerprint density at radius 1 is 1.21 bits per heavy atom. The van der Waals surface area contributed by atoms with Crippen molar-refractivity contribution < 1.29 is 9.52 Å². The maximum atomic E-state index is 9.53. The summed E-state index contributed by atoms with van der Waals surface area (Å²) in [6.07, 6.45) is 8.33. The van der Waals surface area contributed by atoms with Crippen LogP contribution in [0.4, 0.5) is 0 Å². The molecule has 0 saturated carbocycles. The first-order chi connectivity index (χ1) is 11.8. The van der Waals surface area contributed by atoms with E-state index in [9.17, 15) is 5.11 Å². The third-order valence-electron chi connectivity index (χ3n) is 5.34. The zero-order valence-electron chi connectivity index (χ0n) is 13.9. The summed E-state index contributed by atoms with van der Waals surface area (Å²) in [6, 6.07) is 2.93. The van der Waals surface area contributed by atoms with Gasteiger partial charge < -0.3 is 9.52 Å². The highest BCUT2D eigenvalue weighted by molar-refractivity contribution is 7.13. The van der Waals surface area contributed by atoms with Crippen molar-refractivity contribution in [1.29, 1.82) is 0 Å². The molecule has 2 atom stereocenters. The molecule has 2 unspecified atom stereocenters. The van der Waals surface area contributed by atoms with Crippen LogP contribution >= 0.6 is 11.3 Å². The van der Waals surface area contributed by atoms with E-state index < -0.39 is 0 Å². The summed E-state index contributed by atoms with van der Waals surface area (Å²) in [5.74, 6) is 0. The average Bonchev–Trinajstić information content (AvgIpc) is 3.36. The number of furan rings is 1. The van der Waals surface area contributed by atoms with E-state index >= 15 is 0 Å². The topological polar surface area (TPSA) is 52.7 Å². The Labute approximate surface area is 146 Å². The lowest BCUT2D eigenvalue weighted by Crippen LogP contribution is -2.43. The SMILES string of the molecule is OCC1CCCN1CC1CCCN1Cc1csc(-c2ccoc2)n1. The van der Waals surface area contributed by atoms with Crippen LogP contribution in [0.3, 0.4) is 0 Å². The van der Waals surface area contributed by atoms with Crippen LogP contribution < -0.4 is 0 Å². The van der Waals surface area contributed by atoms with Crippen LogP contribution in [0.1, 0.15) is 31.4 Å². The van der Waals surface area contributed by atoms with Crippen LogP contribution in [0.25, 0.3) is 10.6 Å². The molecule has 4 rings (SSSR count). The van der Waals surface area contributed by atoms with Crippen molar-refractivity contribution in [2.75, 3.05) is 26.2 Å². The molecule has 4 heterocycles. The molecular weight excluding hydrogens is 322 g/mol. The van der Waals surface area contributed by atoms with E-state index in [1.807, 2.05) is 6.07 Å². The molecule has 0 aromatic carbocycles. The fourth-order valence-electron chi connectivity index (χ4n) is 4.03. The molecule has 0 spiro atoms. The molecule has 2 aliphatic rings. The summed E-state index contributed by atoms with van der Waals surface area (Å²) in [7, 11) is 0. The van der Waals surface area contributed by atoms with Crippen molar-refractivity contribution in [2.24, 2.45) is 0 Å². The molecule has 0 amide bonds. The van der Waals surface area contributed by atoms with Gasteiger partial charge in [0.15, 0.2) is 0 Å². The lowest BCUT2D eigenvalue weighted by molar-refractivity contribution is 0.119. The van der Waals surface area contributed by atoms with Crippen molar-refractivity contribution in [2.45, 2.75) is 44.3 Å². The van der Waals surface area contributed by atoms with Crippen molar-refractivity contribution >= 4 is 11.3 Å². The number of aromatic nitrogens is 1. The van der Waals surface area contributed by atoms with Gasteiger partial charge in [0.25, 0.3) is 0 Å².